The van der Waals surface area contributed by atoms with Crippen molar-refractivity contribution in [2.24, 2.45) is 0 Å². The van der Waals surface area contributed by atoms with Gasteiger partial charge in [-0.1, -0.05) is 12.7 Å². The Labute approximate surface area is 90.4 Å². The molecule has 0 bridgehead atoms. The summed E-state index contributed by atoms with van der Waals surface area (Å²) in [6.07, 6.45) is 1.53. The second-order valence-electron chi connectivity index (χ2n) is 1.94. The minimum absolute atomic E-state index is 0.162. The molecule has 4 nitrogen and oxygen atoms in total. The monoisotopic (exact) mass is 298 g/mol. The molecule has 0 fully saturated rings. The summed E-state index contributed by atoms with van der Waals surface area (Å²) in [5.41, 5.74) is 0. The van der Waals surface area contributed by atoms with Crippen LogP contribution in [0.1, 0.15) is 6.92 Å². The highest BCUT2D eigenvalue weighted by atomic mass is 127. The van der Waals surface area contributed by atoms with Crippen LogP contribution in [0.2, 0.25) is 0 Å². The first-order chi connectivity index (χ1) is 6.13. The van der Waals surface area contributed by atoms with Crippen molar-refractivity contribution in [2.45, 2.75) is 6.92 Å². The van der Waals surface area contributed by atoms with Gasteiger partial charge in [0.15, 0.2) is 0 Å². The van der Waals surface area contributed by atoms with E-state index in [1.807, 2.05) is 0 Å². The maximum atomic E-state index is 10.6. The van der Waals surface area contributed by atoms with Crippen molar-refractivity contribution in [2.75, 3.05) is 13.2 Å². The number of carbonyl (C=O) groups is 1. The van der Waals surface area contributed by atoms with Gasteiger partial charge in [0.2, 0.25) is 3.77 Å². The average Bonchev–Trinajstić information content (AvgIpc) is 2.09. The van der Waals surface area contributed by atoms with Crippen LogP contribution in [0.4, 0.5) is 0 Å². The van der Waals surface area contributed by atoms with E-state index >= 15 is 0 Å². The lowest BCUT2D eigenvalue weighted by Gasteiger charge is -2.07. The molecule has 0 saturated heterocycles. The summed E-state index contributed by atoms with van der Waals surface area (Å²) in [6.45, 7) is 5.72. The maximum Gasteiger partial charge on any atom is 0.375 e. The Balaban J connectivity index is 4.43. The second-order valence-corrected chi connectivity index (χ2v) is 2.92. The van der Waals surface area contributed by atoms with E-state index in [0.29, 0.717) is 6.61 Å². The van der Waals surface area contributed by atoms with Crippen LogP contribution in [0.3, 0.4) is 0 Å². The van der Waals surface area contributed by atoms with Gasteiger partial charge in [-0.2, -0.15) is 0 Å². The first-order valence-corrected chi connectivity index (χ1v) is 4.70. The predicted octanol–water partition coefficient (Wildman–Crippen LogP) is 1.91. The van der Waals surface area contributed by atoms with Gasteiger partial charge in [0.1, 0.15) is 6.61 Å². The molecular formula is C8H11IO4. The summed E-state index contributed by atoms with van der Waals surface area (Å²) < 4.78 is 10.1. The molecule has 0 aliphatic rings. The number of hydrogen-bond acceptors (Lipinski definition) is 3. The summed E-state index contributed by atoms with van der Waals surface area (Å²) in [5, 5.41) is 8.68. The third-order valence-corrected chi connectivity index (χ3v) is 1.79. The molecular weight excluding hydrogens is 287 g/mol. The number of hydrogen-bond donors (Lipinski definition) is 1. The molecule has 0 aromatic rings. The van der Waals surface area contributed by atoms with Gasteiger partial charge in [-0.05, 0) is 6.92 Å². The van der Waals surface area contributed by atoms with Gasteiger partial charge in [0.25, 0.3) is 5.76 Å². The zero-order valence-corrected chi connectivity index (χ0v) is 9.41. The van der Waals surface area contributed by atoms with Crippen molar-refractivity contribution in [3.63, 3.8) is 0 Å². The Hall–Kier alpha value is -0.720. The molecule has 0 aliphatic carbocycles. The second kappa shape index (κ2) is 6.76. The Morgan fingerprint density at radius 2 is 2.23 bits per heavy atom. The van der Waals surface area contributed by atoms with Gasteiger partial charge < -0.3 is 14.6 Å². The van der Waals surface area contributed by atoms with Gasteiger partial charge >= 0.3 is 5.97 Å². The van der Waals surface area contributed by atoms with E-state index in [2.05, 4.69) is 6.58 Å². The fraction of sp³-hybridized carbons (Fsp3) is 0.375. The minimum Gasteiger partial charge on any atom is -0.484 e. The summed E-state index contributed by atoms with van der Waals surface area (Å²) in [5.74, 6) is -1.29. The van der Waals surface area contributed by atoms with E-state index in [-0.39, 0.29) is 16.1 Å². The number of rotatable bonds is 6. The van der Waals surface area contributed by atoms with Gasteiger partial charge in [-0.25, -0.2) is 4.79 Å². The molecule has 0 radical (unpaired) electrons. The quantitative estimate of drug-likeness (QED) is 0.352. The Morgan fingerprint density at radius 1 is 1.62 bits per heavy atom. The number of carboxylic acid groups (broad SMARTS) is 1. The van der Waals surface area contributed by atoms with E-state index in [4.69, 9.17) is 14.6 Å². The molecule has 0 saturated carbocycles. The molecule has 0 atom stereocenters. The molecule has 74 valence electrons. The van der Waals surface area contributed by atoms with Crippen LogP contribution >= 0.6 is 22.6 Å². The molecule has 0 aliphatic heterocycles. The fourth-order valence-electron chi connectivity index (χ4n) is 0.545. The summed E-state index contributed by atoms with van der Waals surface area (Å²) >= 11 is 1.77. The summed E-state index contributed by atoms with van der Waals surface area (Å²) in [7, 11) is 0. The first kappa shape index (κ1) is 12.3. The molecule has 0 rings (SSSR count). The zero-order valence-electron chi connectivity index (χ0n) is 7.25. The largest absolute Gasteiger partial charge is 0.484 e. The van der Waals surface area contributed by atoms with Crippen LogP contribution in [0.25, 0.3) is 0 Å². The third kappa shape index (κ3) is 4.76. The molecule has 1 N–H and O–H groups in total. The average molecular weight is 298 g/mol. The van der Waals surface area contributed by atoms with Crippen molar-refractivity contribution in [1.29, 1.82) is 0 Å². The Bertz CT molecular complexity index is 222. The van der Waals surface area contributed by atoms with Crippen molar-refractivity contribution in [1.82, 2.24) is 0 Å². The topological polar surface area (TPSA) is 55.8 Å². The number of aliphatic carboxylic acids is 1. The standard InChI is InChI=1S/C8H11IO4/c1-3-5-13-7(9)6(8(10)11)12-4-2/h3H,1,4-5H2,2H3,(H,10,11)/b7-6-. The third-order valence-electron chi connectivity index (χ3n) is 0.989. The molecule has 0 unspecified atom stereocenters. The minimum atomic E-state index is -1.13. The van der Waals surface area contributed by atoms with E-state index in [0.717, 1.165) is 0 Å². The fourth-order valence-corrected chi connectivity index (χ4v) is 1.11. The van der Waals surface area contributed by atoms with Crippen molar-refractivity contribution >= 4 is 28.6 Å². The molecule has 0 spiro atoms. The van der Waals surface area contributed by atoms with Crippen LogP contribution in [0, 0.1) is 0 Å². The zero-order chi connectivity index (χ0) is 10.3. The molecule has 13 heavy (non-hydrogen) atoms. The number of halogens is 1. The number of ether oxygens (including phenoxy) is 2. The Morgan fingerprint density at radius 3 is 2.62 bits per heavy atom. The highest BCUT2D eigenvalue weighted by molar-refractivity contribution is 14.1. The Kier molecular flexibility index (Phi) is 6.38. The van der Waals surface area contributed by atoms with Crippen molar-refractivity contribution in [3.05, 3.63) is 22.2 Å². The predicted molar refractivity (Wildman–Crippen MR) is 56.5 cm³/mol. The molecule has 0 aromatic heterocycles. The molecule has 0 heterocycles. The summed E-state index contributed by atoms with van der Waals surface area (Å²) in [6, 6.07) is 0. The van der Waals surface area contributed by atoms with Crippen LogP contribution in [0.5, 0.6) is 0 Å². The smallest absolute Gasteiger partial charge is 0.375 e. The maximum absolute atomic E-state index is 10.6. The summed E-state index contributed by atoms with van der Waals surface area (Å²) in [4.78, 5) is 10.6. The SMILES string of the molecule is C=CCO/C(I)=C(\OCC)C(=O)O. The highest BCUT2D eigenvalue weighted by Crippen LogP contribution is 2.15. The van der Waals surface area contributed by atoms with Gasteiger partial charge in [0.05, 0.1) is 6.61 Å². The van der Waals surface area contributed by atoms with Gasteiger partial charge in [-0.15, -0.1) is 0 Å². The highest BCUT2D eigenvalue weighted by Gasteiger charge is 2.14. The van der Waals surface area contributed by atoms with Crippen LogP contribution in [-0.2, 0) is 14.3 Å². The van der Waals surface area contributed by atoms with Crippen LogP contribution in [0.15, 0.2) is 22.2 Å². The lowest BCUT2D eigenvalue weighted by atomic mass is 10.5. The van der Waals surface area contributed by atoms with Crippen molar-refractivity contribution in [3.8, 4) is 0 Å². The van der Waals surface area contributed by atoms with Gasteiger partial charge in [0, 0.05) is 22.6 Å². The lowest BCUT2D eigenvalue weighted by molar-refractivity contribution is -0.136. The van der Waals surface area contributed by atoms with E-state index in [9.17, 15) is 4.79 Å². The van der Waals surface area contributed by atoms with E-state index < -0.39 is 5.97 Å². The molecule has 0 aromatic carbocycles. The van der Waals surface area contributed by atoms with Crippen LogP contribution < -0.4 is 0 Å². The van der Waals surface area contributed by atoms with E-state index in [1.54, 1.807) is 29.5 Å². The van der Waals surface area contributed by atoms with Crippen molar-refractivity contribution < 1.29 is 19.4 Å². The van der Waals surface area contributed by atoms with E-state index in [1.165, 1.54) is 6.08 Å². The molecule has 5 heteroatoms. The van der Waals surface area contributed by atoms with Crippen LogP contribution in [-0.4, -0.2) is 24.3 Å². The number of carboxylic acids is 1. The normalized spacial score (nSPS) is 11.5. The van der Waals surface area contributed by atoms with Gasteiger partial charge in [-0.3, -0.25) is 0 Å². The lowest BCUT2D eigenvalue weighted by Crippen LogP contribution is -2.08. The molecule has 0 amide bonds. The first-order valence-electron chi connectivity index (χ1n) is 3.63.